The number of nitrogens with one attached hydrogen (secondary N) is 2. The molecule has 148 valence electrons. The molecule has 0 saturated carbocycles. The molecule has 0 saturated heterocycles. The summed E-state index contributed by atoms with van der Waals surface area (Å²) in [6.07, 6.45) is 1.14. The molecule has 0 spiro atoms. The third-order valence-electron chi connectivity index (χ3n) is 3.79. The molecule has 0 radical (unpaired) electrons. The maximum Gasteiger partial charge on any atom is 0.353 e. The molecular weight excluding hydrogens is 421 g/mol. The Balaban J connectivity index is 2.04. The molecule has 1 heterocycles. The molecule has 0 aliphatic rings. The number of anilines is 4. The van der Waals surface area contributed by atoms with Gasteiger partial charge in [-0.05, 0) is 24.3 Å². The van der Waals surface area contributed by atoms with Crippen LogP contribution in [0.3, 0.4) is 0 Å². The average Bonchev–Trinajstić information content (AvgIpc) is 2.71. The lowest BCUT2D eigenvalue weighted by atomic mass is 10.2. The summed E-state index contributed by atoms with van der Waals surface area (Å²) in [4.78, 5) is 30.9. The summed E-state index contributed by atoms with van der Waals surface area (Å²) < 4.78 is 4.73. The number of carbonyl (C=O) groups excluding carboxylic acids is 1. The first kappa shape index (κ1) is 20.3. The van der Waals surface area contributed by atoms with Crippen LogP contribution in [0.5, 0.6) is 0 Å². The van der Waals surface area contributed by atoms with Crippen LogP contribution < -0.4 is 10.6 Å². The third kappa shape index (κ3) is 4.36. The number of rotatable bonds is 6. The van der Waals surface area contributed by atoms with Crippen molar-refractivity contribution >= 4 is 57.9 Å². The van der Waals surface area contributed by atoms with E-state index in [0.29, 0.717) is 5.69 Å². The number of hydrogen-bond donors (Lipinski definition) is 2. The fraction of sp³-hybridized carbons (Fsp3) is 0.0556. The number of para-hydroxylation sites is 1. The summed E-state index contributed by atoms with van der Waals surface area (Å²) >= 11 is 12.1. The molecule has 0 aliphatic carbocycles. The van der Waals surface area contributed by atoms with Crippen LogP contribution in [0.4, 0.5) is 28.7 Å². The van der Waals surface area contributed by atoms with Gasteiger partial charge in [-0.3, -0.25) is 10.1 Å². The topological polar surface area (TPSA) is 119 Å². The number of methoxy groups -OCH3 is 1. The van der Waals surface area contributed by atoms with Crippen molar-refractivity contribution in [3.8, 4) is 0 Å². The number of esters is 1. The van der Waals surface area contributed by atoms with Crippen molar-refractivity contribution in [3.05, 3.63) is 74.5 Å². The molecule has 0 unspecified atom stereocenters. The highest BCUT2D eigenvalue weighted by molar-refractivity contribution is 6.43. The van der Waals surface area contributed by atoms with E-state index in [0.717, 1.165) is 6.33 Å². The molecule has 11 heteroatoms. The predicted molar refractivity (Wildman–Crippen MR) is 109 cm³/mol. The minimum absolute atomic E-state index is 0.104. The van der Waals surface area contributed by atoms with Crippen LogP contribution in [0.25, 0.3) is 0 Å². The monoisotopic (exact) mass is 433 g/mol. The fourth-order valence-electron chi connectivity index (χ4n) is 2.47. The largest absolute Gasteiger partial charge is 0.465 e. The van der Waals surface area contributed by atoms with Crippen molar-refractivity contribution in [2.75, 3.05) is 17.7 Å². The van der Waals surface area contributed by atoms with Gasteiger partial charge in [-0.25, -0.2) is 14.8 Å². The van der Waals surface area contributed by atoms with Crippen LogP contribution >= 0.6 is 23.2 Å². The summed E-state index contributed by atoms with van der Waals surface area (Å²) in [6, 6.07) is 11.2. The van der Waals surface area contributed by atoms with E-state index in [1.54, 1.807) is 36.4 Å². The summed E-state index contributed by atoms with van der Waals surface area (Å²) in [5.74, 6) is -0.830. The zero-order valence-electron chi connectivity index (χ0n) is 14.8. The third-order valence-corrected chi connectivity index (χ3v) is 4.61. The van der Waals surface area contributed by atoms with Crippen LogP contribution in [-0.4, -0.2) is 28.0 Å². The van der Waals surface area contributed by atoms with Gasteiger partial charge in [0.15, 0.2) is 0 Å². The van der Waals surface area contributed by atoms with Gasteiger partial charge in [0.05, 0.1) is 39.0 Å². The Bertz CT molecular complexity index is 1090. The highest BCUT2D eigenvalue weighted by atomic mass is 35.5. The van der Waals surface area contributed by atoms with Crippen molar-refractivity contribution in [1.82, 2.24) is 9.97 Å². The van der Waals surface area contributed by atoms with Gasteiger partial charge in [0.25, 0.3) is 0 Å². The molecule has 2 aromatic carbocycles. The van der Waals surface area contributed by atoms with Gasteiger partial charge in [0.2, 0.25) is 11.6 Å². The van der Waals surface area contributed by atoms with Crippen molar-refractivity contribution in [1.29, 1.82) is 0 Å². The van der Waals surface area contributed by atoms with E-state index in [-0.39, 0.29) is 32.9 Å². The Morgan fingerprint density at radius 3 is 2.31 bits per heavy atom. The molecular formula is C18H13Cl2N5O4. The van der Waals surface area contributed by atoms with E-state index in [9.17, 15) is 14.9 Å². The van der Waals surface area contributed by atoms with E-state index in [1.165, 1.54) is 13.2 Å². The van der Waals surface area contributed by atoms with E-state index in [4.69, 9.17) is 27.9 Å². The molecule has 1 aromatic heterocycles. The fourth-order valence-corrected chi connectivity index (χ4v) is 2.82. The lowest BCUT2D eigenvalue weighted by Crippen LogP contribution is -2.09. The molecule has 0 bridgehead atoms. The summed E-state index contributed by atoms with van der Waals surface area (Å²) in [5, 5.41) is 17.8. The normalized spacial score (nSPS) is 10.3. The van der Waals surface area contributed by atoms with Crippen LogP contribution in [0.1, 0.15) is 10.4 Å². The quantitative estimate of drug-likeness (QED) is 0.317. The number of carbonyl (C=O) groups is 1. The molecule has 3 rings (SSSR count). The van der Waals surface area contributed by atoms with E-state index in [2.05, 4.69) is 20.6 Å². The summed E-state index contributed by atoms with van der Waals surface area (Å²) in [7, 11) is 1.24. The van der Waals surface area contributed by atoms with Gasteiger partial charge in [0.1, 0.15) is 6.33 Å². The Labute approximate surface area is 174 Å². The molecule has 29 heavy (non-hydrogen) atoms. The van der Waals surface area contributed by atoms with Crippen molar-refractivity contribution in [2.24, 2.45) is 0 Å². The summed E-state index contributed by atoms with van der Waals surface area (Å²) in [5.41, 5.74) is 0.369. The minimum atomic E-state index is -0.649. The molecule has 0 aliphatic heterocycles. The SMILES string of the molecule is COC(=O)c1ccccc1Nc1ncnc(Nc2cccc(Cl)c2Cl)c1[N+](=O)[O-]. The standard InChI is InChI=1S/C18H13Cl2N5O4/c1-29-18(26)10-5-2-3-7-12(10)23-16-15(25(27)28)17(22-9-21-16)24-13-8-4-6-11(19)14(13)20/h2-9H,1H3,(H2,21,22,23,24). The van der Waals surface area contributed by atoms with E-state index in [1.807, 2.05) is 0 Å². The lowest BCUT2D eigenvalue weighted by Gasteiger charge is -2.13. The molecule has 0 atom stereocenters. The van der Waals surface area contributed by atoms with Crippen molar-refractivity contribution in [3.63, 3.8) is 0 Å². The van der Waals surface area contributed by atoms with Gasteiger partial charge in [-0.15, -0.1) is 0 Å². The number of nitrogens with zero attached hydrogens (tertiary/aromatic N) is 3. The smallest absolute Gasteiger partial charge is 0.353 e. The number of aromatic nitrogens is 2. The number of benzene rings is 2. The zero-order chi connectivity index (χ0) is 21.0. The Hall–Kier alpha value is -3.43. The maximum absolute atomic E-state index is 12.0. The first-order valence-corrected chi connectivity index (χ1v) is 8.82. The Morgan fingerprint density at radius 2 is 1.66 bits per heavy atom. The van der Waals surface area contributed by atoms with E-state index < -0.39 is 16.6 Å². The van der Waals surface area contributed by atoms with Gasteiger partial charge in [0, 0.05) is 0 Å². The maximum atomic E-state index is 12.0. The highest BCUT2D eigenvalue weighted by Gasteiger charge is 2.25. The number of ether oxygens (including phenoxy) is 1. The van der Waals surface area contributed by atoms with Crippen molar-refractivity contribution in [2.45, 2.75) is 0 Å². The second-order valence-electron chi connectivity index (χ2n) is 5.57. The second kappa shape index (κ2) is 8.72. The average molecular weight is 434 g/mol. The highest BCUT2D eigenvalue weighted by Crippen LogP contribution is 2.37. The van der Waals surface area contributed by atoms with Gasteiger partial charge >= 0.3 is 11.7 Å². The van der Waals surface area contributed by atoms with Crippen LogP contribution in [-0.2, 0) is 4.74 Å². The lowest BCUT2D eigenvalue weighted by molar-refractivity contribution is -0.383. The van der Waals surface area contributed by atoms with E-state index >= 15 is 0 Å². The molecule has 2 N–H and O–H groups in total. The van der Waals surface area contributed by atoms with Crippen molar-refractivity contribution < 1.29 is 14.5 Å². The number of halogens is 2. The second-order valence-corrected chi connectivity index (χ2v) is 6.35. The summed E-state index contributed by atoms with van der Waals surface area (Å²) in [6.45, 7) is 0. The van der Waals surface area contributed by atoms with Gasteiger partial charge in [-0.2, -0.15) is 0 Å². The predicted octanol–water partition coefficient (Wildman–Crippen LogP) is 4.97. The van der Waals surface area contributed by atoms with Crippen LogP contribution in [0, 0.1) is 10.1 Å². The first-order valence-electron chi connectivity index (χ1n) is 8.07. The molecule has 0 amide bonds. The van der Waals surface area contributed by atoms with Gasteiger partial charge in [-0.1, -0.05) is 41.4 Å². The molecule has 9 nitrogen and oxygen atoms in total. The number of hydrogen-bond acceptors (Lipinski definition) is 8. The number of nitro groups is 1. The first-order chi connectivity index (χ1) is 13.9. The molecule has 3 aromatic rings. The Kier molecular flexibility index (Phi) is 6.10. The van der Waals surface area contributed by atoms with Gasteiger partial charge < -0.3 is 15.4 Å². The Morgan fingerprint density at radius 1 is 1.03 bits per heavy atom. The molecule has 0 fully saturated rings. The minimum Gasteiger partial charge on any atom is -0.465 e. The van der Waals surface area contributed by atoms with Crippen LogP contribution in [0.15, 0.2) is 48.8 Å². The zero-order valence-corrected chi connectivity index (χ0v) is 16.4. The van der Waals surface area contributed by atoms with Crippen LogP contribution in [0.2, 0.25) is 10.0 Å².